The van der Waals surface area contributed by atoms with E-state index in [9.17, 15) is 14.9 Å². The normalized spacial score (nSPS) is 10.6. The third-order valence-electron chi connectivity index (χ3n) is 2.05. The molecule has 2 rings (SSSR count). The number of carbonyl (C=O) groups is 1. The molecule has 0 saturated heterocycles. The first-order valence-corrected chi connectivity index (χ1v) is 4.88. The van der Waals surface area contributed by atoms with Crippen molar-refractivity contribution in [2.75, 3.05) is 0 Å². The molecule has 0 spiro atoms. The first-order chi connectivity index (χ1) is 7.50. The van der Waals surface area contributed by atoms with Crippen molar-refractivity contribution in [2.45, 2.75) is 0 Å². The SMILES string of the molecule is O=C(O)c1coc2c([N+](=O)[O-])cc(Br)cc12. The van der Waals surface area contributed by atoms with Gasteiger partial charge in [-0.3, -0.25) is 10.1 Å². The van der Waals surface area contributed by atoms with E-state index in [2.05, 4.69) is 15.9 Å². The summed E-state index contributed by atoms with van der Waals surface area (Å²) >= 11 is 3.08. The molecule has 82 valence electrons. The van der Waals surface area contributed by atoms with Crippen LogP contribution in [0.25, 0.3) is 11.0 Å². The highest BCUT2D eigenvalue weighted by Crippen LogP contribution is 2.33. The topological polar surface area (TPSA) is 93.6 Å². The summed E-state index contributed by atoms with van der Waals surface area (Å²) in [5, 5.41) is 19.8. The van der Waals surface area contributed by atoms with Crippen LogP contribution in [0.4, 0.5) is 5.69 Å². The molecule has 1 aromatic carbocycles. The van der Waals surface area contributed by atoms with Crippen molar-refractivity contribution in [2.24, 2.45) is 0 Å². The van der Waals surface area contributed by atoms with E-state index in [1.807, 2.05) is 0 Å². The number of nitro benzene ring substituents is 1. The Morgan fingerprint density at radius 2 is 2.19 bits per heavy atom. The molecule has 16 heavy (non-hydrogen) atoms. The predicted octanol–water partition coefficient (Wildman–Crippen LogP) is 2.80. The van der Waals surface area contributed by atoms with Gasteiger partial charge in [0.05, 0.1) is 4.92 Å². The van der Waals surface area contributed by atoms with Crippen molar-refractivity contribution < 1.29 is 19.2 Å². The van der Waals surface area contributed by atoms with Gasteiger partial charge >= 0.3 is 11.7 Å². The number of carboxylic acid groups (broad SMARTS) is 1. The van der Waals surface area contributed by atoms with Crippen molar-refractivity contribution in [1.82, 2.24) is 0 Å². The number of fused-ring (bicyclic) bond motifs is 1. The lowest BCUT2D eigenvalue weighted by molar-refractivity contribution is -0.383. The summed E-state index contributed by atoms with van der Waals surface area (Å²) in [7, 11) is 0. The lowest BCUT2D eigenvalue weighted by Crippen LogP contribution is -1.94. The minimum Gasteiger partial charge on any atom is -0.478 e. The Labute approximate surface area is 96.7 Å². The number of halogens is 1. The lowest BCUT2D eigenvalue weighted by Gasteiger charge is -1.95. The molecular weight excluding hydrogens is 282 g/mol. The summed E-state index contributed by atoms with van der Waals surface area (Å²) in [6.07, 6.45) is 0.992. The Morgan fingerprint density at radius 3 is 2.75 bits per heavy atom. The average Bonchev–Trinajstić information content (AvgIpc) is 2.59. The maximum Gasteiger partial charge on any atom is 0.339 e. The van der Waals surface area contributed by atoms with Crippen LogP contribution in [0.3, 0.4) is 0 Å². The van der Waals surface area contributed by atoms with Gasteiger partial charge in [0.25, 0.3) is 0 Å². The first kappa shape index (κ1) is 10.6. The Hall–Kier alpha value is -1.89. The Morgan fingerprint density at radius 1 is 1.50 bits per heavy atom. The number of furan rings is 1. The van der Waals surface area contributed by atoms with Crippen LogP contribution >= 0.6 is 15.9 Å². The smallest absolute Gasteiger partial charge is 0.339 e. The van der Waals surface area contributed by atoms with Gasteiger partial charge in [-0.1, -0.05) is 15.9 Å². The van der Waals surface area contributed by atoms with Gasteiger partial charge in [0.15, 0.2) is 0 Å². The summed E-state index contributed by atoms with van der Waals surface area (Å²) in [6.45, 7) is 0. The number of hydrogen-bond donors (Lipinski definition) is 1. The van der Waals surface area contributed by atoms with E-state index in [1.54, 1.807) is 0 Å². The first-order valence-electron chi connectivity index (χ1n) is 4.09. The summed E-state index contributed by atoms with van der Waals surface area (Å²) in [6, 6.07) is 2.73. The Bertz CT molecular complexity index is 603. The number of hydrogen-bond acceptors (Lipinski definition) is 4. The van der Waals surface area contributed by atoms with E-state index in [-0.39, 0.29) is 22.2 Å². The summed E-state index contributed by atoms with van der Waals surface area (Å²) in [5.74, 6) is -1.19. The zero-order valence-corrected chi connectivity index (χ0v) is 9.22. The molecule has 0 saturated carbocycles. The average molecular weight is 286 g/mol. The fourth-order valence-corrected chi connectivity index (χ4v) is 1.83. The Balaban J connectivity index is 2.86. The van der Waals surface area contributed by atoms with E-state index in [1.165, 1.54) is 12.1 Å². The molecule has 1 aromatic heterocycles. The summed E-state index contributed by atoms with van der Waals surface area (Å²) in [5.41, 5.74) is -0.401. The van der Waals surface area contributed by atoms with Crippen molar-refractivity contribution in [3.05, 3.63) is 38.5 Å². The van der Waals surface area contributed by atoms with Crippen LogP contribution in [0, 0.1) is 10.1 Å². The number of nitro groups is 1. The molecule has 1 N–H and O–H groups in total. The van der Waals surface area contributed by atoms with E-state index < -0.39 is 10.9 Å². The minimum atomic E-state index is -1.19. The summed E-state index contributed by atoms with van der Waals surface area (Å²) in [4.78, 5) is 20.9. The highest BCUT2D eigenvalue weighted by atomic mass is 79.9. The van der Waals surface area contributed by atoms with Crippen LogP contribution in [0.15, 0.2) is 27.3 Å². The van der Waals surface area contributed by atoms with Crippen LogP contribution in [0.2, 0.25) is 0 Å². The van der Waals surface area contributed by atoms with Gasteiger partial charge in [-0.2, -0.15) is 0 Å². The number of carboxylic acids is 1. The molecule has 0 aliphatic heterocycles. The second-order valence-corrected chi connectivity index (χ2v) is 3.93. The zero-order valence-electron chi connectivity index (χ0n) is 7.64. The highest BCUT2D eigenvalue weighted by Gasteiger charge is 2.21. The number of rotatable bonds is 2. The van der Waals surface area contributed by atoms with Gasteiger partial charge in [0.1, 0.15) is 11.8 Å². The van der Waals surface area contributed by atoms with Crippen molar-refractivity contribution >= 4 is 38.6 Å². The van der Waals surface area contributed by atoms with E-state index >= 15 is 0 Å². The van der Waals surface area contributed by atoms with Crippen LogP contribution in [0.5, 0.6) is 0 Å². The minimum absolute atomic E-state index is 0.0365. The standard InChI is InChI=1S/C9H4BrNO5/c10-4-1-5-6(9(12)13)3-16-8(5)7(2-4)11(14)15/h1-3H,(H,12,13). The molecule has 0 bridgehead atoms. The molecule has 0 aliphatic carbocycles. The number of benzene rings is 1. The number of aromatic carboxylic acids is 1. The van der Waals surface area contributed by atoms with Crippen molar-refractivity contribution in [3.8, 4) is 0 Å². The molecule has 6 nitrogen and oxygen atoms in total. The molecule has 2 aromatic rings. The monoisotopic (exact) mass is 285 g/mol. The predicted molar refractivity (Wildman–Crippen MR) is 57.5 cm³/mol. The number of nitrogens with zero attached hydrogens (tertiary/aromatic N) is 1. The molecule has 0 radical (unpaired) electrons. The van der Waals surface area contributed by atoms with Crippen LogP contribution in [-0.2, 0) is 0 Å². The van der Waals surface area contributed by atoms with Gasteiger partial charge in [-0.15, -0.1) is 0 Å². The third kappa shape index (κ3) is 1.54. The highest BCUT2D eigenvalue weighted by molar-refractivity contribution is 9.10. The third-order valence-corrected chi connectivity index (χ3v) is 2.50. The van der Waals surface area contributed by atoms with E-state index in [0.29, 0.717) is 4.47 Å². The van der Waals surface area contributed by atoms with Gasteiger partial charge in [0, 0.05) is 15.9 Å². The van der Waals surface area contributed by atoms with Crippen LogP contribution in [0.1, 0.15) is 10.4 Å². The van der Waals surface area contributed by atoms with Crippen molar-refractivity contribution in [1.29, 1.82) is 0 Å². The quantitative estimate of drug-likeness (QED) is 0.676. The fourth-order valence-electron chi connectivity index (χ4n) is 1.39. The number of non-ortho nitro benzene ring substituents is 1. The largest absolute Gasteiger partial charge is 0.478 e. The zero-order chi connectivity index (χ0) is 11.9. The second-order valence-electron chi connectivity index (χ2n) is 3.01. The second kappa shape index (κ2) is 3.60. The fraction of sp³-hybridized carbons (Fsp3) is 0. The molecule has 7 heteroatoms. The summed E-state index contributed by atoms with van der Waals surface area (Å²) < 4.78 is 5.34. The van der Waals surface area contributed by atoms with Gasteiger partial charge in [-0.25, -0.2) is 4.79 Å². The van der Waals surface area contributed by atoms with E-state index in [4.69, 9.17) is 9.52 Å². The van der Waals surface area contributed by atoms with Crippen LogP contribution < -0.4 is 0 Å². The molecule has 0 fully saturated rings. The van der Waals surface area contributed by atoms with Crippen LogP contribution in [-0.4, -0.2) is 16.0 Å². The van der Waals surface area contributed by atoms with E-state index in [0.717, 1.165) is 6.26 Å². The van der Waals surface area contributed by atoms with Gasteiger partial charge in [-0.05, 0) is 6.07 Å². The molecule has 1 heterocycles. The maximum absolute atomic E-state index is 10.8. The molecular formula is C9H4BrNO5. The molecule has 0 amide bonds. The molecule has 0 atom stereocenters. The molecule has 0 unspecified atom stereocenters. The van der Waals surface area contributed by atoms with Gasteiger partial charge < -0.3 is 9.52 Å². The lowest BCUT2D eigenvalue weighted by atomic mass is 10.1. The maximum atomic E-state index is 10.8. The molecule has 0 aliphatic rings. The Kier molecular flexibility index (Phi) is 2.39. The van der Waals surface area contributed by atoms with Gasteiger partial charge in [0.2, 0.25) is 5.58 Å². The van der Waals surface area contributed by atoms with Crippen molar-refractivity contribution in [3.63, 3.8) is 0 Å².